The third-order valence-electron chi connectivity index (χ3n) is 4.67. The van der Waals surface area contributed by atoms with Gasteiger partial charge in [0, 0.05) is 24.4 Å². The topological polar surface area (TPSA) is 138 Å². The Hall–Kier alpha value is -2.72. The summed E-state index contributed by atoms with van der Waals surface area (Å²) in [7, 11) is 0. The van der Waals surface area contributed by atoms with E-state index >= 15 is 0 Å². The van der Waals surface area contributed by atoms with Crippen LogP contribution in [0.15, 0.2) is 46.1 Å². The summed E-state index contributed by atoms with van der Waals surface area (Å²) in [5, 5.41) is 33.0. The second-order valence-electron chi connectivity index (χ2n) is 6.79. The van der Waals surface area contributed by atoms with Crippen molar-refractivity contribution in [1.82, 2.24) is 5.32 Å². The minimum atomic E-state index is -1.42. The summed E-state index contributed by atoms with van der Waals surface area (Å²) in [6, 6.07) is 5.13. The number of carbonyl (C=O) groups excluding carboxylic acids is 1. The van der Waals surface area contributed by atoms with Crippen LogP contribution in [0.5, 0.6) is 5.75 Å². The number of allylic oxidation sites excluding steroid dienone is 1. The lowest BCUT2D eigenvalue weighted by Gasteiger charge is -2.42. The average Bonchev–Trinajstić information content (AvgIpc) is 2.67. The SMILES string of the molecule is C=CCc1cc(=O)oc2cc(O[C@H]3O[C@H](CO)[C@@H](O)[C@H](O)[C@H]3NC(C)=O)ccc12. The first-order valence-corrected chi connectivity index (χ1v) is 9.08. The zero-order chi connectivity index (χ0) is 21.1. The molecule has 1 fully saturated rings. The highest BCUT2D eigenvalue weighted by Gasteiger charge is 2.46. The molecule has 1 saturated heterocycles. The molecule has 2 heterocycles. The van der Waals surface area contributed by atoms with E-state index in [0.717, 1.165) is 5.56 Å². The molecule has 0 saturated carbocycles. The predicted molar refractivity (Wildman–Crippen MR) is 102 cm³/mol. The molecule has 0 aliphatic carbocycles. The monoisotopic (exact) mass is 405 g/mol. The molecule has 9 nitrogen and oxygen atoms in total. The fourth-order valence-electron chi connectivity index (χ4n) is 3.31. The highest BCUT2D eigenvalue weighted by Crippen LogP contribution is 2.27. The Bertz CT molecular complexity index is 955. The number of hydrogen-bond acceptors (Lipinski definition) is 8. The normalized spacial score (nSPS) is 26.8. The quantitative estimate of drug-likeness (QED) is 0.384. The van der Waals surface area contributed by atoms with E-state index in [-0.39, 0.29) is 11.3 Å². The van der Waals surface area contributed by atoms with Gasteiger partial charge in [-0.3, -0.25) is 4.79 Å². The fraction of sp³-hybridized carbons (Fsp3) is 0.400. The number of fused-ring (bicyclic) bond motifs is 1. The van der Waals surface area contributed by atoms with Gasteiger partial charge in [0.05, 0.1) is 6.61 Å². The summed E-state index contributed by atoms with van der Waals surface area (Å²) in [4.78, 5) is 23.3. The summed E-state index contributed by atoms with van der Waals surface area (Å²) in [5.74, 6) is -0.212. The first-order chi connectivity index (χ1) is 13.8. The number of amides is 1. The summed E-state index contributed by atoms with van der Waals surface area (Å²) < 4.78 is 16.5. The Labute approximate surface area is 166 Å². The van der Waals surface area contributed by atoms with Crippen LogP contribution in [0.25, 0.3) is 11.0 Å². The smallest absolute Gasteiger partial charge is 0.336 e. The Morgan fingerprint density at radius 3 is 2.72 bits per heavy atom. The van der Waals surface area contributed by atoms with E-state index in [4.69, 9.17) is 13.9 Å². The van der Waals surface area contributed by atoms with Crippen LogP contribution in [0.3, 0.4) is 0 Å². The summed E-state index contributed by atoms with van der Waals surface area (Å²) in [6.45, 7) is 4.37. The van der Waals surface area contributed by atoms with Crippen LogP contribution in [-0.2, 0) is 16.0 Å². The van der Waals surface area contributed by atoms with Crippen molar-refractivity contribution in [2.24, 2.45) is 0 Å². The highest BCUT2D eigenvalue weighted by atomic mass is 16.7. The average molecular weight is 405 g/mol. The molecule has 3 rings (SSSR count). The number of hydrogen-bond donors (Lipinski definition) is 4. The van der Waals surface area contributed by atoms with E-state index in [1.54, 1.807) is 18.2 Å². The number of rotatable bonds is 6. The molecule has 2 aromatic rings. The zero-order valence-electron chi connectivity index (χ0n) is 15.8. The van der Waals surface area contributed by atoms with Crippen LogP contribution in [0.4, 0.5) is 0 Å². The van der Waals surface area contributed by atoms with Gasteiger partial charge in [0.1, 0.15) is 35.7 Å². The molecular formula is C20H23NO8. The van der Waals surface area contributed by atoms with Crippen LogP contribution in [0, 0.1) is 0 Å². The van der Waals surface area contributed by atoms with Gasteiger partial charge in [-0.1, -0.05) is 6.08 Å². The Balaban J connectivity index is 1.93. The van der Waals surface area contributed by atoms with E-state index in [1.807, 2.05) is 0 Å². The number of aliphatic hydroxyl groups is 3. The molecule has 1 aliphatic rings. The van der Waals surface area contributed by atoms with Gasteiger partial charge in [-0.2, -0.15) is 0 Å². The van der Waals surface area contributed by atoms with Gasteiger partial charge < -0.3 is 34.5 Å². The van der Waals surface area contributed by atoms with Gasteiger partial charge in [-0.05, 0) is 24.1 Å². The van der Waals surface area contributed by atoms with E-state index < -0.39 is 48.8 Å². The second-order valence-corrected chi connectivity index (χ2v) is 6.79. The Kier molecular flexibility index (Phi) is 6.33. The van der Waals surface area contributed by atoms with Crippen LogP contribution >= 0.6 is 0 Å². The van der Waals surface area contributed by atoms with Gasteiger partial charge in [0.25, 0.3) is 0 Å². The van der Waals surface area contributed by atoms with Crippen molar-refractivity contribution >= 4 is 16.9 Å². The maximum absolute atomic E-state index is 11.8. The van der Waals surface area contributed by atoms with Crippen molar-refractivity contribution in [2.75, 3.05) is 6.61 Å². The van der Waals surface area contributed by atoms with Crippen molar-refractivity contribution in [3.63, 3.8) is 0 Å². The van der Waals surface area contributed by atoms with Gasteiger partial charge in [-0.25, -0.2) is 4.79 Å². The van der Waals surface area contributed by atoms with Crippen molar-refractivity contribution in [3.8, 4) is 5.75 Å². The van der Waals surface area contributed by atoms with E-state index in [0.29, 0.717) is 11.8 Å². The van der Waals surface area contributed by atoms with Crippen molar-refractivity contribution in [1.29, 1.82) is 0 Å². The third-order valence-corrected chi connectivity index (χ3v) is 4.67. The van der Waals surface area contributed by atoms with E-state index in [9.17, 15) is 24.9 Å². The second kappa shape index (κ2) is 8.75. The Morgan fingerprint density at radius 2 is 2.07 bits per heavy atom. The lowest BCUT2D eigenvalue weighted by Crippen LogP contribution is -2.65. The molecule has 0 unspecified atom stereocenters. The van der Waals surface area contributed by atoms with Gasteiger partial charge >= 0.3 is 5.63 Å². The zero-order valence-corrected chi connectivity index (χ0v) is 15.8. The van der Waals surface area contributed by atoms with Crippen LogP contribution in [-0.4, -0.2) is 58.5 Å². The van der Waals surface area contributed by atoms with Gasteiger partial charge in [-0.15, -0.1) is 6.58 Å². The van der Waals surface area contributed by atoms with Crippen LogP contribution in [0.2, 0.25) is 0 Å². The van der Waals surface area contributed by atoms with Gasteiger partial charge in [0.2, 0.25) is 12.2 Å². The molecule has 5 atom stereocenters. The molecule has 0 radical (unpaired) electrons. The number of benzene rings is 1. The third kappa shape index (κ3) is 4.48. The lowest BCUT2D eigenvalue weighted by molar-refractivity contribution is -0.244. The molecule has 156 valence electrons. The van der Waals surface area contributed by atoms with Crippen molar-refractivity contribution in [2.45, 2.75) is 44.0 Å². The molecule has 29 heavy (non-hydrogen) atoms. The maximum Gasteiger partial charge on any atom is 0.336 e. The minimum Gasteiger partial charge on any atom is -0.462 e. The molecule has 9 heteroatoms. The molecule has 1 aromatic heterocycles. The number of nitrogens with one attached hydrogen (secondary N) is 1. The van der Waals surface area contributed by atoms with Crippen LogP contribution in [0.1, 0.15) is 12.5 Å². The van der Waals surface area contributed by atoms with Crippen LogP contribution < -0.4 is 15.7 Å². The maximum atomic E-state index is 11.8. The minimum absolute atomic E-state index is 0.247. The molecule has 0 spiro atoms. The number of ether oxygens (including phenoxy) is 2. The molecule has 1 aromatic carbocycles. The first-order valence-electron chi connectivity index (χ1n) is 9.08. The molecule has 4 N–H and O–H groups in total. The standard InChI is InChI=1S/C20H23NO8/c1-3-4-11-7-16(24)28-14-8-12(5-6-13(11)14)27-20-17(21-10(2)23)19(26)18(25)15(9-22)29-20/h3,5-8,15,17-20,22,25-26H,1,4,9H2,2H3,(H,21,23)/t15-,17-,18-,19-,20+/m1/s1. The lowest BCUT2D eigenvalue weighted by atomic mass is 9.97. The Morgan fingerprint density at radius 1 is 1.31 bits per heavy atom. The molecule has 1 amide bonds. The van der Waals surface area contributed by atoms with E-state index in [1.165, 1.54) is 19.1 Å². The summed E-state index contributed by atoms with van der Waals surface area (Å²) >= 11 is 0. The van der Waals surface area contributed by atoms with Crippen molar-refractivity contribution < 1.29 is 34.0 Å². The number of aliphatic hydroxyl groups excluding tert-OH is 3. The highest BCUT2D eigenvalue weighted by molar-refractivity contribution is 5.81. The van der Waals surface area contributed by atoms with E-state index in [2.05, 4.69) is 11.9 Å². The largest absolute Gasteiger partial charge is 0.462 e. The first kappa shape index (κ1) is 21.0. The summed E-state index contributed by atoms with van der Waals surface area (Å²) in [6.07, 6.45) is -2.97. The van der Waals surface area contributed by atoms with Crippen molar-refractivity contribution in [3.05, 3.63) is 52.9 Å². The molecule has 0 bridgehead atoms. The van der Waals surface area contributed by atoms with Gasteiger partial charge in [0.15, 0.2) is 0 Å². The predicted octanol–water partition coefficient (Wildman–Crippen LogP) is -0.156. The molecular weight excluding hydrogens is 382 g/mol. The summed E-state index contributed by atoms with van der Waals surface area (Å²) in [5.41, 5.74) is 0.523. The number of carbonyl (C=O) groups is 1. The molecule has 1 aliphatic heterocycles. The fourth-order valence-corrected chi connectivity index (χ4v) is 3.31.